The second kappa shape index (κ2) is 12.8. The van der Waals surface area contributed by atoms with Gasteiger partial charge in [0.2, 0.25) is 10.0 Å². The predicted octanol–water partition coefficient (Wildman–Crippen LogP) is 3.95. The third-order valence-electron chi connectivity index (χ3n) is 6.10. The Labute approximate surface area is 229 Å². The third kappa shape index (κ3) is 9.12. The zero-order valence-corrected chi connectivity index (χ0v) is 23.1. The third-order valence-corrected chi connectivity index (χ3v) is 6.65. The maximum atomic E-state index is 12.6. The van der Waals surface area contributed by atoms with Gasteiger partial charge >= 0.3 is 6.09 Å². The number of hydrogen-bond acceptors (Lipinski definition) is 7. The molecule has 0 fully saturated rings. The molecule has 10 heteroatoms. The first kappa shape index (κ1) is 29.7. The molecule has 3 aromatic carbocycles. The van der Waals surface area contributed by atoms with E-state index in [1.54, 1.807) is 36.4 Å². The van der Waals surface area contributed by atoms with Gasteiger partial charge in [0.05, 0.1) is 12.4 Å². The number of nitrogens with one attached hydrogen (secondary N) is 1. The summed E-state index contributed by atoms with van der Waals surface area (Å²) in [6, 6.07) is 19.8. The van der Waals surface area contributed by atoms with Gasteiger partial charge in [0.15, 0.2) is 0 Å². The molecule has 0 radical (unpaired) electrons. The number of ether oxygens (including phenoxy) is 1. The number of aliphatic hydroxyl groups excluding tert-OH is 1. The molecule has 0 heterocycles. The van der Waals surface area contributed by atoms with Crippen LogP contribution in [0.5, 0.6) is 0 Å². The topological polar surface area (TPSA) is 162 Å². The molecular weight excluding hydrogens is 518 g/mol. The minimum atomic E-state index is -3.69. The molecule has 3 rings (SSSR count). The fraction of sp³-hybridized carbons (Fsp3) is 0.310. The average Bonchev–Trinajstić information content (AvgIpc) is 2.83. The number of rotatable bonds is 11. The number of amides is 2. The van der Waals surface area contributed by atoms with Gasteiger partial charge in [-0.3, -0.25) is 4.79 Å². The fourth-order valence-electron chi connectivity index (χ4n) is 4.36. The van der Waals surface area contributed by atoms with Crippen LogP contribution in [-0.2, 0) is 27.6 Å². The monoisotopic (exact) mass is 553 g/mol. The first-order chi connectivity index (χ1) is 18.3. The SMILES string of the molecule is CC(C)Cc1cc(-c2ccc(CC(C[C@@H](O)c3ccc(N)cc3)OC(N)=O)cc2)ccc1C(=O)NS(C)(=O)=O. The zero-order valence-electron chi connectivity index (χ0n) is 22.3. The van der Waals surface area contributed by atoms with Crippen molar-refractivity contribution in [3.63, 3.8) is 0 Å². The van der Waals surface area contributed by atoms with Crippen molar-refractivity contribution in [1.29, 1.82) is 0 Å². The number of carbonyl (C=O) groups excluding carboxylic acids is 2. The highest BCUT2D eigenvalue weighted by Gasteiger charge is 2.20. The van der Waals surface area contributed by atoms with Crippen molar-refractivity contribution in [3.05, 3.63) is 89.0 Å². The summed E-state index contributed by atoms with van der Waals surface area (Å²) in [4.78, 5) is 24.1. The minimum absolute atomic E-state index is 0.157. The van der Waals surface area contributed by atoms with Crippen LogP contribution in [-0.4, -0.2) is 37.9 Å². The van der Waals surface area contributed by atoms with Crippen LogP contribution in [0, 0.1) is 5.92 Å². The molecule has 0 aliphatic carbocycles. The summed E-state index contributed by atoms with van der Waals surface area (Å²) in [5.74, 6) is -0.408. The van der Waals surface area contributed by atoms with E-state index < -0.39 is 34.2 Å². The van der Waals surface area contributed by atoms with E-state index in [1.165, 1.54) is 0 Å². The molecule has 0 saturated heterocycles. The van der Waals surface area contributed by atoms with E-state index in [0.717, 1.165) is 28.5 Å². The van der Waals surface area contributed by atoms with Gasteiger partial charge in [-0.05, 0) is 58.4 Å². The van der Waals surface area contributed by atoms with Crippen LogP contribution in [0.25, 0.3) is 11.1 Å². The average molecular weight is 554 g/mol. The minimum Gasteiger partial charge on any atom is -0.446 e. The molecule has 3 aromatic rings. The van der Waals surface area contributed by atoms with Crippen LogP contribution in [0.1, 0.15) is 53.4 Å². The van der Waals surface area contributed by atoms with Gasteiger partial charge in [-0.1, -0.05) is 62.4 Å². The molecule has 1 unspecified atom stereocenters. The molecule has 0 saturated carbocycles. The number of nitrogen functional groups attached to an aromatic ring is 1. The van der Waals surface area contributed by atoms with Gasteiger partial charge in [0, 0.05) is 24.1 Å². The van der Waals surface area contributed by atoms with Gasteiger partial charge in [-0.25, -0.2) is 17.9 Å². The quantitative estimate of drug-likeness (QED) is 0.261. The summed E-state index contributed by atoms with van der Waals surface area (Å²) >= 11 is 0. The molecule has 39 heavy (non-hydrogen) atoms. The Morgan fingerprint density at radius 3 is 2.13 bits per heavy atom. The molecular formula is C29H35N3O6S. The van der Waals surface area contributed by atoms with Crippen molar-refractivity contribution in [2.75, 3.05) is 12.0 Å². The second-order valence-corrected chi connectivity index (χ2v) is 11.8. The Balaban J connectivity index is 1.79. The first-order valence-corrected chi connectivity index (χ1v) is 14.4. The number of nitrogens with two attached hydrogens (primary N) is 2. The van der Waals surface area contributed by atoms with Crippen LogP contribution in [0.4, 0.5) is 10.5 Å². The molecule has 9 nitrogen and oxygen atoms in total. The van der Waals surface area contributed by atoms with Crippen LogP contribution >= 0.6 is 0 Å². The van der Waals surface area contributed by atoms with Crippen molar-refractivity contribution >= 4 is 27.7 Å². The number of benzene rings is 3. The predicted molar refractivity (Wildman–Crippen MR) is 151 cm³/mol. The number of carbonyl (C=O) groups is 2. The van der Waals surface area contributed by atoms with Crippen LogP contribution in [0.15, 0.2) is 66.7 Å². The molecule has 208 valence electrons. The van der Waals surface area contributed by atoms with Gasteiger partial charge in [-0.2, -0.15) is 0 Å². The van der Waals surface area contributed by atoms with Gasteiger partial charge < -0.3 is 21.3 Å². The van der Waals surface area contributed by atoms with E-state index >= 15 is 0 Å². The summed E-state index contributed by atoms with van der Waals surface area (Å²) in [5.41, 5.74) is 15.9. The highest BCUT2D eigenvalue weighted by atomic mass is 32.2. The summed E-state index contributed by atoms with van der Waals surface area (Å²) < 4.78 is 30.4. The maximum Gasteiger partial charge on any atom is 0.404 e. The Kier molecular flexibility index (Phi) is 9.71. The molecule has 0 bridgehead atoms. The van der Waals surface area contributed by atoms with Crippen LogP contribution < -0.4 is 16.2 Å². The van der Waals surface area contributed by atoms with E-state index in [1.807, 2.05) is 48.9 Å². The largest absolute Gasteiger partial charge is 0.446 e. The summed E-state index contributed by atoms with van der Waals surface area (Å²) in [5, 5.41) is 10.6. The molecule has 0 aromatic heterocycles. The van der Waals surface area contributed by atoms with E-state index in [9.17, 15) is 23.1 Å². The Hall–Kier alpha value is -3.89. The van der Waals surface area contributed by atoms with Gasteiger partial charge in [-0.15, -0.1) is 0 Å². The van der Waals surface area contributed by atoms with E-state index in [-0.39, 0.29) is 12.3 Å². The normalized spacial score (nSPS) is 13.1. The van der Waals surface area contributed by atoms with Crippen molar-refractivity contribution in [1.82, 2.24) is 4.72 Å². The van der Waals surface area contributed by atoms with Crippen molar-refractivity contribution in [2.24, 2.45) is 11.7 Å². The number of aliphatic hydroxyl groups is 1. The van der Waals surface area contributed by atoms with E-state index in [0.29, 0.717) is 29.7 Å². The van der Waals surface area contributed by atoms with E-state index in [2.05, 4.69) is 0 Å². The molecule has 2 atom stereocenters. The standard InChI is InChI=1S/C29H35N3O6S/c1-18(2)14-23-16-22(10-13-26(23)28(34)32-39(3,36)37)20-6-4-19(5-7-20)15-25(38-29(31)35)17-27(33)21-8-11-24(30)12-9-21/h4-13,16,18,25,27,33H,14-15,17,30H2,1-3H3,(H2,31,35)(H,32,34)/t25?,27-/m1/s1. The molecule has 0 aliphatic rings. The molecule has 0 spiro atoms. The summed E-state index contributed by atoms with van der Waals surface area (Å²) in [6.07, 6.45) is -0.388. The van der Waals surface area contributed by atoms with Crippen LogP contribution in [0.2, 0.25) is 0 Å². The molecule has 0 aliphatic heterocycles. The second-order valence-electron chi connectivity index (χ2n) is 10.1. The zero-order chi connectivity index (χ0) is 28.7. The van der Waals surface area contributed by atoms with Gasteiger partial charge in [0.25, 0.3) is 5.91 Å². The lowest BCUT2D eigenvalue weighted by atomic mass is 9.92. The van der Waals surface area contributed by atoms with Gasteiger partial charge in [0.1, 0.15) is 6.10 Å². The lowest BCUT2D eigenvalue weighted by Crippen LogP contribution is -2.30. The number of hydrogen-bond donors (Lipinski definition) is 4. The fourth-order valence-corrected chi connectivity index (χ4v) is 4.81. The highest BCUT2D eigenvalue weighted by molar-refractivity contribution is 7.89. The lowest BCUT2D eigenvalue weighted by Gasteiger charge is -2.21. The van der Waals surface area contributed by atoms with Crippen LogP contribution in [0.3, 0.4) is 0 Å². The number of anilines is 1. The maximum absolute atomic E-state index is 12.6. The number of sulfonamides is 1. The lowest BCUT2D eigenvalue weighted by molar-refractivity contribution is 0.0586. The van der Waals surface area contributed by atoms with Crippen molar-refractivity contribution in [2.45, 2.75) is 45.3 Å². The summed E-state index contributed by atoms with van der Waals surface area (Å²) in [6.45, 7) is 4.04. The first-order valence-electron chi connectivity index (χ1n) is 12.5. The Morgan fingerprint density at radius 2 is 1.56 bits per heavy atom. The smallest absolute Gasteiger partial charge is 0.404 e. The number of primary amides is 1. The summed E-state index contributed by atoms with van der Waals surface area (Å²) in [7, 11) is -3.69. The van der Waals surface area contributed by atoms with Crippen molar-refractivity contribution < 1.29 is 27.9 Å². The molecule has 2 amide bonds. The highest BCUT2D eigenvalue weighted by Crippen LogP contribution is 2.27. The Bertz CT molecular complexity index is 1400. The molecule has 6 N–H and O–H groups in total. The van der Waals surface area contributed by atoms with Crippen molar-refractivity contribution in [3.8, 4) is 11.1 Å². The Morgan fingerprint density at radius 1 is 0.949 bits per heavy atom. The van der Waals surface area contributed by atoms with E-state index in [4.69, 9.17) is 16.2 Å².